The van der Waals surface area contributed by atoms with Crippen molar-refractivity contribution in [3.63, 3.8) is 0 Å². The molecule has 6 heteroatoms. The van der Waals surface area contributed by atoms with E-state index in [1.807, 2.05) is 11.8 Å². The zero-order valence-electron chi connectivity index (χ0n) is 14.4. The first-order valence-electron chi connectivity index (χ1n) is 9.44. The van der Waals surface area contributed by atoms with E-state index in [1.165, 1.54) is 0 Å². The Kier molecular flexibility index (Phi) is 5.37. The fraction of sp³-hybridized carbons (Fsp3) is 0.944. The maximum Gasteiger partial charge on any atom is 0.225 e. The molecule has 0 bridgehead atoms. The lowest BCUT2D eigenvalue weighted by Gasteiger charge is -2.48. The number of rotatable bonds is 4. The molecule has 4 saturated heterocycles. The Balaban J connectivity index is 1.19. The highest BCUT2D eigenvalue weighted by atomic mass is 32.2. The molecule has 1 spiro atoms. The molecule has 4 rings (SSSR count). The van der Waals surface area contributed by atoms with Gasteiger partial charge in [0.2, 0.25) is 5.91 Å². The highest BCUT2D eigenvalue weighted by Crippen LogP contribution is 2.46. The van der Waals surface area contributed by atoms with Crippen molar-refractivity contribution in [3.8, 4) is 0 Å². The molecule has 4 heterocycles. The number of carbonyl (C=O) groups is 1. The van der Waals surface area contributed by atoms with Gasteiger partial charge in [-0.3, -0.25) is 4.79 Å². The van der Waals surface area contributed by atoms with Crippen LogP contribution in [0.15, 0.2) is 0 Å². The van der Waals surface area contributed by atoms with Crippen LogP contribution >= 0.6 is 11.8 Å². The molecule has 24 heavy (non-hydrogen) atoms. The van der Waals surface area contributed by atoms with Crippen LogP contribution in [0.3, 0.4) is 0 Å². The van der Waals surface area contributed by atoms with E-state index >= 15 is 0 Å². The van der Waals surface area contributed by atoms with Crippen LogP contribution in [-0.4, -0.2) is 73.5 Å². The SMILES string of the molecule is O=C(C1CCOCC1)N1CC2(CC(OCC3CCOCC3)CS2)C1. The zero-order valence-corrected chi connectivity index (χ0v) is 15.2. The summed E-state index contributed by atoms with van der Waals surface area (Å²) in [5, 5.41) is 0. The standard InChI is InChI=1S/C18H29NO4S/c20-17(15-3-7-22-8-4-15)19-12-18(13-19)9-16(11-24-18)23-10-14-1-5-21-6-2-14/h14-16H,1-13H2. The van der Waals surface area contributed by atoms with Crippen molar-refractivity contribution in [2.24, 2.45) is 11.8 Å². The van der Waals surface area contributed by atoms with Crippen molar-refractivity contribution in [3.05, 3.63) is 0 Å². The van der Waals surface area contributed by atoms with E-state index in [0.29, 0.717) is 17.9 Å². The van der Waals surface area contributed by atoms with Gasteiger partial charge in [-0.2, -0.15) is 0 Å². The Morgan fingerprint density at radius 1 is 1.08 bits per heavy atom. The summed E-state index contributed by atoms with van der Waals surface area (Å²) in [4.78, 5) is 14.6. The smallest absolute Gasteiger partial charge is 0.225 e. The van der Waals surface area contributed by atoms with Crippen molar-refractivity contribution in [2.75, 3.05) is 51.9 Å². The van der Waals surface area contributed by atoms with Gasteiger partial charge in [0.15, 0.2) is 0 Å². The highest BCUT2D eigenvalue weighted by molar-refractivity contribution is 8.01. The molecule has 0 saturated carbocycles. The van der Waals surface area contributed by atoms with Crippen LogP contribution in [0, 0.1) is 11.8 Å². The highest BCUT2D eigenvalue weighted by Gasteiger charge is 2.51. The molecular weight excluding hydrogens is 326 g/mol. The van der Waals surface area contributed by atoms with Gasteiger partial charge in [-0.05, 0) is 38.0 Å². The van der Waals surface area contributed by atoms with E-state index in [1.54, 1.807) is 0 Å². The topological polar surface area (TPSA) is 48.0 Å². The third-order valence-corrected chi connectivity index (χ3v) is 7.50. The van der Waals surface area contributed by atoms with Crippen LogP contribution in [0.25, 0.3) is 0 Å². The molecule has 0 aliphatic carbocycles. The first kappa shape index (κ1) is 17.1. The molecule has 4 fully saturated rings. The minimum atomic E-state index is 0.197. The Morgan fingerprint density at radius 2 is 1.75 bits per heavy atom. The van der Waals surface area contributed by atoms with Gasteiger partial charge in [-0.25, -0.2) is 0 Å². The van der Waals surface area contributed by atoms with Crippen LogP contribution in [0.1, 0.15) is 32.1 Å². The van der Waals surface area contributed by atoms with E-state index < -0.39 is 0 Å². The summed E-state index contributed by atoms with van der Waals surface area (Å²) in [5.74, 6) is 2.31. The summed E-state index contributed by atoms with van der Waals surface area (Å²) in [6.07, 6.45) is 5.55. The molecular formula is C18H29NO4S. The van der Waals surface area contributed by atoms with E-state index in [4.69, 9.17) is 14.2 Å². The Morgan fingerprint density at radius 3 is 2.46 bits per heavy atom. The first-order valence-corrected chi connectivity index (χ1v) is 10.4. The van der Waals surface area contributed by atoms with Crippen LogP contribution < -0.4 is 0 Å². The summed E-state index contributed by atoms with van der Waals surface area (Å²) in [7, 11) is 0. The van der Waals surface area contributed by atoms with Crippen molar-refractivity contribution in [1.82, 2.24) is 4.90 Å². The number of likely N-dealkylation sites (tertiary alicyclic amines) is 1. The molecule has 0 aromatic rings. The van der Waals surface area contributed by atoms with Gasteiger partial charge >= 0.3 is 0 Å². The second kappa shape index (κ2) is 7.52. The van der Waals surface area contributed by atoms with Gasteiger partial charge in [0.05, 0.1) is 10.9 Å². The van der Waals surface area contributed by atoms with Gasteiger partial charge in [-0.15, -0.1) is 11.8 Å². The van der Waals surface area contributed by atoms with Crippen LogP contribution in [0.2, 0.25) is 0 Å². The molecule has 0 radical (unpaired) electrons. The summed E-state index contributed by atoms with van der Waals surface area (Å²) in [5.41, 5.74) is 0. The Hall–Kier alpha value is -0.300. The number of thioether (sulfide) groups is 1. The predicted molar refractivity (Wildman–Crippen MR) is 93.2 cm³/mol. The largest absolute Gasteiger partial charge is 0.381 e. The zero-order chi connectivity index (χ0) is 16.4. The fourth-order valence-electron chi connectivity index (χ4n) is 4.32. The molecule has 136 valence electrons. The normalized spacial score (nSPS) is 31.3. The summed E-state index contributed by atoms with van der Waals surface area (Å²) < 4.78 is 17.2. The maximum absolute atomic E-state index is 12.6. The lowest BCUT2D eigenvalue weighted by Crippen LogP contribution is -2.62. The molecule has 1 unspecified atom stereocenters. The van der Waals surface area contributed by atoms with Crippen molar-refractivity contribution >= 4 is 17.7 Å². The summed E-state index contributed by atoms with van der Waals surface area (Å²) in [6.45, 7) is 5.99. The second-order valence-electron chi connectivity index (χ2n) is 7.79. The van der Waals surface area contributed by atoms with Gasteiger partial charge in [0.1, 0.15) is 0 Å². The fourth-order valence-corrected chi connectivity index (χ4v) is 5.87. The summed E-state index contributed by atoms with van der Waals surface area (Å²) in [6, 6.07) is 0. The maximum atomic E-state index is 12.6. The number of nitrogens with zero attached hydrogens (tertiary/aromatic N) is 1. The molecule has 0 aromatic heterocycles. The Bertz CT molecular complexity index is 442. The molecule has 4 aliphatic rings. The van der Waals surface area contributed by atoms with E-state index in [0.717, 1.165) is 84.0 Å². The minimum absolute atomic E-state index is 0.197. The van der Waals surface area contributed by atoms with Crippen molar-refractivity contribution in [2.45, 2.75) is 43.0 Å². The average Bonchev–Trinajstić information content (AvgIpc) is 3.04. The van der Waals surface area contributed by atoms with E-state index in [-0.39, 0.29) is 10.7 Å². The first-order chi connectivity index (χ1) is 11.7. The predicted octanol–water partition coefficient (Wildman–Crippen LogP) is 1.94. The van der Waals surface area contributed by atoms with E-state index in [9.17, 15) is 4.79 Å². The number of hydrogen-bond acceptors (Lipinski definition) is 5. The second-order valence-corrected chi connectivity index (χ2v) is 9.28. The lowest BCUT2D eigenvalue weighted by atomic mass is 9.89. The third-order valence-electron chi connectivity index (χ3n) is 5.92. The molecule has 5 nitrogen and oxygen atoms in total. The third kappa shape index (κ3) is 3.76. The monoisotopic (exact) mass is 355 g/mol. The number of carbonyl (C=O) groups excluding carboxylic acids is 1. The van der Waals surface area contributed by atoms with Crippen LogP contribution in [0.5, 0.6) is 0 Å². The molecule has 1 atom stereocenters. The van der Waals surface area contributed by atoms with Crippen molar-refractivity contribution in [1.29, 1.82) is 0 Å². The van der Waals surface area contributed by atoms with Gasteiger partial charge in [0, 0.05) is 57.8 Å². The van der Waals surface area contributed by atoms with E-state index in [2.05, 4.69) is 4.90 Å². The molecule has 1 amide bonds. The van der Waals surface area contributed by atoms with Gasteiger partial charge in [0.25, 0.3) is 0 Å². The molecule has 4 aliphatic heterocycles. The number of ether oxygens (including phenoxy) is 3. The van der Waals surface area contributed by atoms with Crippen LogP contribution in [0.4, 0.5) is 0 Å². The summed E-state index contributed by atoms with van der Waals surface area (Å²) >= 11 is 2.03. The molecule has 0 aromatic carbocycles. The van der Waals surface area contributed by atoms with Gasteiger partial charge < -0.3 is 19.1 Å². The minimum Gasteiger partial charge on any atom is -0.381 e. The number of amides is 1. The lowest BCUT2D eigenvalue weighted by molar-refractivity contribution is -0.144. The molecule has 0 N–H and O–H groups in total. The number of hydrogen-bond donors (Lipinski definition) is 0. The average molecular weight is 356 g/mol. The quantitative estimate of drug-likeness (QED) is 0.771. The Labute approximate surface area is 148 Å². The van der Waals surface area contributed by atoms with Crippen molar-refractivity contribution < 1.29 is 19.0 Å². The van der Waals surface area contributed by atoms with Crippen LogP contribution in [-0.2, 0) is 19.0 Å². The van der Waals surface area contributed by atoms with Gasteiger partial charge in [-0.1, -0.05) is 0 Å².